The average Bonchev–Trinajstić information content (AvgIpc) is 3.42. The summed E-state index contributed by atoms with van der Waals surface area (Å²) in [5.41, 5.74) is 5.24. The lowest BCUT2D eigenvalue weighted by Gasteiger charge is -2.21. The Morgan fingerprint density at radius 3 is 2.87 bits per heavy atom. The second kappa shape index (κ2) is 7.79. The van der Waals surface area contributed by atoms with Crippen molar-refractivity contribution >= 4 is 28.3 Å². The Kier molecular flexibility index (Phi) is 4.84. The molecule has 0 bridgehead atoms. The van der Waals surface area contributed by atoms with E-state index in [1.807, 2.05) is 59.3 Å². The predicted molar refractivity (Wildman–Crippen MR) is 115 cm³/mol. The summed E-state index contributed by atoms with van der Waals surface area (Å²) >= 11 is 1.50. The highest BCUT2D eigenvalue weighted by Gasteiger charge is 2.19. The number of benzene rings is 2. The van der Waals surface area contributed by atoms with E-state index in [9.17, 15) is 4.79 Å². The number of hydrogen-bond acceptors (Lipinski definition) is 6. The van der Waals surface area contributed by atoms with Gasteiger partial charge in [0.15, 0.2) is 17.3 Å². The molecule has 3 heterocycles. The molecular formula is C22H20N4O3S. The lowest BCUT2D eigenvalue weighted by molar-refractivity contribution is -0.122. The SMILES string of the molecule is C[C@H](NC(=O)Cn1c(-c2cscn2)nc2ccccc21)c1ccc2c(c1)OCCO2. The van der Waals surface area contributed by atoms with Gasteiger partial charge in [0.2, 0.25) is 5.91 Å². The lowest BCUT2D eigenvalue weighted by Crippen LogP contribution is -2.30. The highest BCUT2D eigenvalue weighted by Crippen LogP contribution is 2.32. The van der Waals surface area contributed by atoms with Crippen LogP contribution < -0.4 is 14.8 Å². The van der Waals surface area contributed by atoms with Crippen molar-refractivity contribution in [2.75, 3.05) is 13.2 Å². The van der Waals surface area contributed by atoms with Crippen LogP contribution in [0.15, 0.2) is 53.4 Å². The Bertz CT molecular complexity index is 1200. The van der Waals surface area contributed by atoms with Crippen molar-refractivity contribution in [3.05, 3.63) is 58.9 Å². The summed E-state index contributed by atoms with van der Waals surface area (Å²) < 4.78 is 13.1. The van der Waals surface area contributed by atoms with E-state index in [1.165, 1.54) is 11.3 Å². The van der Waals surface area contributed by atoms with Crippen LogP contribution in [0.25, 0.3) is 22.6 Å². The number of nitrogens with zero attached hydrogens (tertiary/aromatic N) is 3. The number of thiazole rings is 1. The first-order valence-corrected chi connectivity index (χ1v) is 10.7. The van der Waals surface area contributed by atoms with Crippen LogP contribution in [0.5, 0.6) is 11.5 Å². The molecule has 4 aromatic rings. The molecule has 2 aromatic heterocycles. The monoisotopic (exact) mass is 420 g/mol. The number of para-hydroxylation sites is 2. The summed E-state index contributed by atoms with van der Waals surface area (Å²) in [6.45, 7) is 3.20. The Hall–Kier alpha value is -3.39. The van der Waals surface area contributed by atoms with E-state index in [0.717, 1.165) is 28.0 Å². The molecule has 0 unspecified atom stereocenters. The van der Waals surface area contributed by atoms with Crippen LogP contribution in [0.4, 0.5) is 0 Å². The number of nitrogens with one attached hydrogen (secondary N) is 1. The van der Waals surface area contributed by atoms with Crippen LogP contribution in [0, 0.1) is 0 Å². The summed E-state index contributed by atoms with van der Waals surface area (Å²) in [7, 11) is 0. The number of ether oxygens (including phenoxy) is 2. The number of rotatable bonds is 5. The van der Waals surface area contributed by atoms with Crippen LogP contribution in [-0.4, -0.2) is 33.7 Å². The summed E-state index contributed by atoms with van der Waals surface area (Å²) in [5.74, 6) is 2.05. The number of carbonyl (C=O) groups is 1. The van der Waals surface area contributed by atoms with Crippen molar-refractivity contribution in [1.82, 2.24) is 19.9 Å². The number of imidazole rings is 1. The largest absolute Gasteiger partial charge is 0.486 e. The molecule has 7 nitrogen and oxygen atoms in total. The van der Waals surface area contributed by atoms with Crippen molar-refractivity contribution in [3.8, 4) is 23.0 Å². The van der Waals surface area contributed by atoms with Crippen LogP contribution in [0.2, 0.25) is 0 Å². The van der Waals surface area contributed by atoms with Crippen molar-refractivity contribution in [3.63, 3.8) is 0 Å². The zero-order chi connectivity index (χ0) is 20.5. The van der Waals surface area contributed by atoms with E-state index < -0.39 is 0 Å². The molecule has 2 aromatic carbocycles. The van der Waals surface area contributed by atoms with Gasteiger partial charge in [-0.2, -0.15) is 0 Å². The highest BCUT2D eigenvalue weighted by molar-refractivity contribution is 7.07. The Labute approximate surface area is 177 Å². The number of aromatic nitrogens is 3. The molecule has 1 aliphatic heterocycles. The molecule has 1 N–H and O–H groups in total. The fourth-order valence-corrected chi connectivity index (χ4v) is 4.13. The fourth-order valence-electron chi connectivity index (χ4n) is 3.60. The van der Waals surface area contributed by atoms with E-state index in [4.69, 9.17) is 14.5 Å². The molecule has 152 valence electrons. The maximum Gasteiger partial charge on any atom is 0.240 e. The molecule has 30 heavy (non-hydrogen) atoms. The van der Waals surface area contributed by atoms with Gasteiger partial charge in [-0.1, -0.05) is 18.2 Å². The number of amides is 1. The van der Waals surface area contributed by atoms with E-state index >= 15 is 0 Å². The molecule has 0 spiro atoms. The van der Waals surface area contributed by atoms with Gasteiger partial charge in [-0.25, -0.2) is 9.97 Å². The van der Waals surface area contributed by atoms with Crippen molar-refractivity contribution in [2.24, 2.45) is 0 Å². The van der Waals surface area contributed by atoms with Crippen LogP contribution >= 0.6 is 11.3 Å². The predicted octanol–water partition coefficient (Wildman–Crippen LogP) is 3.81. The number of fused-ring (bicyclic) bond motifs is 2. The molecule has 5 rings (SSSR count). The van der Waals surface area contributed by atoms with E-state index in [-0.39, 0.29) is 18.5 Å². The fraction of sp³-hybridized carbons (Fsp3) is 0.227. The van der Waals surface area contributed by atoms with Gasteiger partial charge in [0, 0.05) is 5.38 Å². The summed E-state index contributed by atoms with van der Waals surface area (Å²) in [4.78, 5) is 22.0. The van der Waals surface area contributed by atoms with Crippen LogP contribution in [0.3, 0.4) is 0 Å². The van der Waals surface area contributed by atoms with E-state index in [2.05, 4.69) is 10.3 Å². The summed E-state index contributed by atoms with van der Waals surface area (Å²) in [6, 6.07) is 13.4. The summed E-state index contributed by atoms with van der Waals surface area (Å²) in [6.07, 6.45) is 0. The van der Waals surface area contributed by atoms with Crippen molar-refractivity contribution in [2.45, 2.75) is 19.5 Å². The zero-order valence-corrected chi connectivity index (χ0v) is 17.2. The summed E-state index contributed by atoms with van der Waals surface area (Å²) in [5, 5.41) is 5.01. The minimum Gasteiger partial charge on any atom is -0.486 e. The maximum absolute atomic E-state index is 12.9. The Morgan fingerprint density at radius 1 is 1.20 bits per heavy atom. The number of hydrogen-bond donors (Lipinski definition) is 1. The third-order valence-electron chi connectivity index (χ3n) is 5.06. The third-order valence-corrected chi connectivity index (χ3v) is 5.65. The van der Waals surface area contributed by atoms with Gasteiger partial charge in [0.25, 0.3) is 0 Å². The molecule has 1 aliphatic rings. The first kappa shape index (κ1) is 18.6. The maximum atomic E-state index is 12.9. The molecule has 0 saturated heterocycles. The van der Waals surface area contributed by atoms with Gasteiger partial charge >= 0.3 is 0 Å². The normalized spacial score (nSPS) is 13.9. The van der Waals surface area contributed by atoms with Gasteiger partial charge in [0.1, 0.15) is 25.5 Å². The van der Waals surface area contributed by atoms with E-state index in [1.54, 1.807) is 5.51 Å². The van der Waals surface area contributed by atoms with Gasteiger partial charge in [-0.05, 0) is 36.8 Å². The van der Waals surface area contributed by atoms with Crippen molar-refractivity contribution < 1.29 is 14.3 Å². The van der Waals surface area contributed by atoms with Crippen molar-refractivity contribution in [1.29, 1.82) is 0 Å². The molecule has 0 radical (unpaired) electrons. The average molecular weight is 420 g/mol. The van der Waals surface area contributed by atoms with Gasteiger partial charge in [0.05, 0.1) is 22.6 Å². The molecule has 1 amide bonds. The van der Waals surface area contributed by atoms with E-state index in [0.29, 0.717) is 24.8 Å². The first-order chi connectivity index (χ1) is 14.7. The minimum atomic E-state index is -0.175. The Morgan fingerprint density at radius 2 is 2.03 bits per heavy atom. The lowest BCUT2D eigenvalue weighted by atomic mass is 10.1. The minimum absolute atomic E-state index is 0.1000. The first-order valence-electron chi connectivity index (χ1n) is 9.72. The second-order valence-corrected chi connectivity index (χ2v) is 7.79. The van der Waals surface area contributed by atoms with Crippen LogP contribution in [-0.2, 0) is 11.3 Å². The highest BCUT2D eigenvalue weighted by atomic mass is 32.1. The smallest absolute Gasteiger partial charge is 0.240 e. The van der Waals surface area contributed by atoms with Crippen LogP contribution in [0.1, 0.15) is 18.5 Å². The van der Waals surface area contributed by atoms with Gasteiger partial charge in [-0.15, -0.1) is 11.3 Å². The standard InChI is InChI=1S/C22H20N4O3S/c1-14(15-6-7-19-20(10-15)29-9-8-28-19)24-21(27)11-26-18-5-3-2-4-16(18)25-22(26)17-12-30-13-23-17/h2-7,10,12-14H,8-9,11H2,1H3,(H,24,27)/t14-/m0/s1. The molecule has 0 aliphatic carbocycles. The topological polar surface area (TPSA) is 78.3 Å². The number of carbonyl (C=O) groups excluding carboxylic acids is 1. The molecule has 1 atom stereocenters. The quantitative estimate of drug-likeness (QED) is 0.531. The molecule has 0 saturated carbocycles. The van der Waals surface area contributed by atoms with Gasteiger partial charge < -0.3 is 19.4 Å². The second-order valence-electron chi connectivity index (χ2n) is 7.08. The molecule has 0 fully saturated rings. The molecule has 8 heteroatoms. The zero-order valence-electron chi connectivity index (χ0n) is 16.4. The van der Waals surface area contributed by atoms with Gasteiger partial charge in [-0.3, -0.25) is 4.79 Å². The Balaban J connectivity index is 1.38. The molecular weight excluding hydrogens is 400 g/mol. The third kappa shape index (κ3) is 3.50.